The van der Waals surface area contributed by atoms with Gasteiger partial charge in [0.1, 0.15) is 0 Å². The van der Waals surface area contributed by atoms with Gasteiger partial charge >= 0.3 is 23.9 Å². The van der Waals surface area contributed by atoms with Gasteiger partial charge in [-0.05, 0) is 24.6 Å². The van der Waals surface area contributed by atoms with E-state index < -0.39 is 23.9 Å². The van der Waals surface area contributed by atoms with Crippen molar-refractivity contribution >= 4 is 23.9 Å². The monoisotopic (exact) mass is 414 g/mol. The van der Waals surface area contributed by atoms with Crippen LogP contribution in [0, 0.1) is 12.8 Å². The van der Waals surface area contributed by atoms with Crippen molar-refractivity contribution in [2.24, 2.45) is 5.92 Å². The van der Waals surface area contributed by atoms with Gasteiger partial charge in [0.25, 0.3) is 0 Å². The predicted octanol–water partition coefficient (Wildman–Crippen LogP) is 1.51. The molecule has 0 aliphatic rings. The van der Waals surface area contributed by atoms with Gasteiger partial charge in [-0.25, -0.2) is 19.2 Å². The highest BCUT2D eigenvalue weighted by molar-refractivity contribution is 5.96. The first kappa shape index (κ1) is 30.2. The highest BCUT2D eigenvalue weighted by atomic mass is 16.4. The van der Waals surface area contributed by atoms with Crippen molar-refractivity contribution in [1.82, 2.24) is 0 Å². The number of hydrogen-bond acceptors (Lipinski definition) is 6. The van der Waals surface area contributed by atoms with Gasteiger partial charge < -0.3 is 30.6 Å². The molecule has 0 atom stereocenters. The average molecular weight is 414 g/mol. The van der Waals surface area contributed by atoms with Gasteiger partial charge in [-0.1, -0.05) is 26.1 Å². The minimum absolute atomic E-state index is 0.0277. The summed E-state index contributed by atoms with van der Waals surface area (Å²) in [6.07, 6.45) is 1.67. The summed E-state index contributed by atoms with van der Waals surface area (Å²) in [5.41, 5.74) is 0.335. The van der Waals surface area contributed by atoms with E-state index in [4.69, 9.17) is 30.6 Å². The Labute approximate surface area is 167 Å². The Kier molecular flexibility index (Phi) is 18.7. The van der Waals surface area contributed by atoms with Crippen molar-refractivity contribution in [1.29, 1.82) is 0 Å². The summed E-state index contributed by atoms with van der Waals surface area (Å²) >= 11 is 0. The zero-order chi connectivity index (χ0) is 23.6. The Morgan fingerprint density at radius 3 is 1.28 bits per heavy atom. The fraction of sp³-hybridized carbons (Fsp3) is 0.263. The van der Waals surface area contributed by atoms with Gasteiger partial charge in [-0.15, -0.1) is 0 Å². The van der Waals surface area contributed by atoms with Crippen LogP contribution in [-0.2, 0) is 9.59 Å². The summed E-state index contributed by atoms with van der Waals surface area (Å²) in [5.74, 6) is -4.14. The number of rotatable bonds is 6. The number of carboxylic acid groups (broad SMARTS) is 4. The van der Waals surface area contributed by atoms with Gasteiger partial charge in [0.15, 0.2) is 0 Å². The minimum atomic E-state index is -1.11. The number of aliphatic hydroxyl groups is 2. The molecule has 0 heterocycles. The SMILES string of the molecule is C=CC(=O)O.C=CC(=O)O.CC(CO)CO.Cc1c(C(=O)O)cccc1C(=O)O. The Bertz CT molecular complexity index is 640. The maximum atomic E-state index is 10.6. The van der Waals surface area contributed by atoms with Crippen molar-refractivity contribution in [2.45, 2.75) is 13.8 Å². The standard InChI is InChI=1S/C9H8O4.C4H10O2.2C3H4O2/c1-5-6(8(10)11)3-2-4-7(5)9(12)13;1-4(2-5)3-6;2*1-2-3(4)5/h2-4H,1H3,(H,10,11)(H,12,13);4-6H,2-3H2,1H3;2*2H,1H2,(H,4,5). The number of benzene rings is 1. The smallest absolute Gasteiger partial charge is 0.335 e. The van der Waals surface area contributed by atoms with E-state index in [1.807, 2.05) is 0 Å². The molecule has 10 heteroatoms. The quantitative estimate of drug-likeness (QED) is 0.372. The van der Waals surface area contributed by atoms with Crippen LogP contribution < -0.4 is 0 Å². The Morgan fingerprint density at radius 2 is 1.14 bits per heavy atom. The lowest BCUT2D eigenvalue weighted by molar-refractivity contribution is -0.132. The predicted molar refractivity (Wildman–Crippen MR) is 104 cm³/mol. The van der Waals surface area contributed by atoms with E-state index in [0.717, 1.165) is 12.2 Å². The first-order valence-corrected chi connectivity index (χ1v) is 7.88. The van der Waals surface area contributed by atoms with Gasteiger partial charge in [0.05, 0.1) is 11.1 Å². The van der Waals surface area contributed by atoms with Crippen molar-refractivity contribution in [3.05, 3.63) is 60.2 Å². The van der Waals surface area contributed by atoms with E-state index in [2.05, 4.69) is 13.2 Å². The third-order valence-corrected chi connectivity index (χ3v) is 2.77. The first-order chi connectivity index (χ1) is 13.4. The summed E-state index contributed by atoms with van der Waals surface area (Å²) in [5, 5.41) is 48.9. The zero-order valence-corrected chi connectivity index (χ0v) is 16.1. The second-order valence-electron chi connectivity index (χ2n) is 5.14. The van der Waals surface area contributed by atoms with Gasteiger partial charge in [0.2, 0.25) is 0 Å². The average Bonchev–Trinajstić information content (AvgIpc) is 2.68. The Balaban J connectivity index is -0.000000354. The molecule has 0 fully saturated rings. The van der Waals surface area contributed by atoms with E-state index in [1.54, 1.807) is 6.92 Å². The van der Waals surface area contributed by atoms with Crippen molar-refractivity contribution in [3.63, 3.8) is 0 Å². The molecule has 0 saturated heterocycles. The highest BCUT2D eigenvalue weighted by Gasteiger charge is 2.13. The van der Waals surface area contributed by atoms with Gasteiger partial charge in [-0.2, -0.15) is 0 Å². The molecule has 1 aromatic carbocycles. The van der Waals surface area contributed by atoms with Crippen LogP contribution in [0.2, 0.25) is 0 Å². The van der Waals surface area contributed by atoms with Crippen molar-refractivity contribution < 1.29 is 49.8 Å². The number of aromatic carboxylic acids is 2. The lowest BCUT2D eigenvalue weighted by Crippen LogP contribution is -2.06. The summed E-state index contributed by atoms with van der Waals surface area (Å²) in [4.78, 5) is 39.7. The Morgan fingerprint density at radius 1 is 0.862 bits per heavy atom. The minimum Gasteiger partial charge on any atom is -0.478 e. The van der Waals surface area contributed by atoms with Gasteiger partial charge in [0, 0.05) is 31.3 Å². The van der Waals surface area contributed by atoms with Crippen LogP contribution in [0.5, 0.6) is 0 Å². The molecule has 29 heavy (non-hydrogen) atoms. The summed E-state index contributed by atoms with van der Waals surface area (Å²) in [7, 11) is 0. The molecule has 0 amide bonds. The number of carboxylic acids is 4. The molecule has 1 rings (SSSR count). The molecule has 10 nitrogen and oxygen atoms in total. The molecule has 0 radical (unpaired) electrons. The van der Waals surface area contributed by atoms with Crippen molar-refractivity contribution in [2.75, 3.05) is 13.2 Å². The molecule has 1 aromatic rings. The third-order valence-electron chi connectivity index (χ3n) is 2.77. The lowest BCUT2D eigenvalue weighted by Gasteiger charge is -2.03. The van der Waals surface area contributed by atoms with Crippen LogP contribution in [-0.4, -0.2) is 67.7 Å². The topological polar surface area (TPSA) is 190 Å². The molecule has 6 N–H and O–H groups in total. The number of aliphatic hydroxyl groups excluding tert-OH is 2. The highest BCUT2D eigenvalue weighted by Crippen LogP contribution is 2.13. The largest absolute Gasteiger partial charge is 0.478 e. The van der Waals surface area contributed by atoms with Crippen LogP contribution in [0.3, 0.4) is 0 Å². The van der Waals surface area contributed by atoms with E-state index in [1.165, 1.54) is 25.1 Å². The molecule has 0 aliphatic carbocycles. The van der Waals surface area contributed by atoms with Crippen LogP contribution in [0.25, 0.3) is 0 Å². The van der Waals surface area contributed by atoms with E-state index in [-0.39, 0.29) is 35.8 Å². The first-order valence-electron chi connectivity index (χ1n) is 7.88. The van der Waals surface area contributed by atoms with Crippen molar-refractivity contribution in [3.8, 4) is 0 Å². The fourth-order valence-corrected chi connectivity index (χ4v) is 1.16. The second kappa shape index (κ2) is 17.9. The molecule has 0 aromatic heterocycles. The summed E-state index contributed by atoms with van der Waals surface area (Å²) in [6, 6.07) is 4.17. The normalized spacial score (nSPS) is 8.59. The fourth-order valence-electron chi connectivity index (χ4n) is 1.16. The molecule has 0 unspecified atom stereocenters. The molecule has 0 spiro atoms. The Hall–Kier alpha value is -3.50. The van der Waals surface area contributed by atoms with E-state index in [9.17, 15) is 19.2 Å². The van der Waals surface area contributed by atoms with Crippen LogP contribution in [0.1, 0.15) is 33.2 Å². The molecule has 0 aliphatic heterocycles. The van der Waals surface area contributed by atoms with E-state index in [0.29, 0.717) is 0 Å². The number of carbonyl (C=O) groups is 4. The maximum Gasteiger partial charge on any atom is 0.335 e. The summed E-state index contributed by atoms with van der Waals surface area (Å²) in [6.45, 7) is 9.34. The molecule has 162 valence electrons. The number of aliphatic carboxylic acids is 2. The van der Waals surface area contributed by atoms with Crippen LogP contribution in [0.4, 0.5) is 0 Å². The molecular weight excluding hydrogens is 388 g/mol. The third kappa shape index (κ3) is 17.7. The maximum absolute atomic E-state index is 10.6. The molecule has 0 bridgehead atoms. The van der Waals surface area contributed by atoms with Gasteiger partial charge in [-0.3, -0.25) is 0 Å². The van der Waals surface area contributed by atoms with Crippen LogP contribution in [0.15, 0.2) is 43.5 Å². The number of hydrogen-bond donors (Lipinski definition) is 6. The molecular formula is C19H26O10. The zero-order valence-electron chi connectivity index (χ0n) is 16.1. The van der Waals surface area contributed by atoms with Crippen LogP contribution >= 0.6 is 0 Å². The summed E-state index contributed by atoms with van der Waals surface area (Å²) < 4.78 is 0. The lowest BCUT2D eigenvalue weighted by atomic mass is 10.0. The second-order valence-corrected chi connectivity index (χ2v) is 5.14. The van der Waals surface area contributed by atoms with E-state index >= 15 is 0 Å². The molecule has 0 saturated carbocycles.